The van der Waals surface area contributed by atoms with Crippen molar-refractivity contribution in [2.24, 2.45) is 0 Å². The molecule has 0 amide bonds. The molecule has 0 saturated carbocycles. The van der Waals surface area contributed by atoms with E-state index in [2.05, 4.69) is 87.9 Å². The van der Waals surface area contributed by atoms with Crippen LogP contribution < -0.4 is 4.90 Å². The Morgan fingerprint density at radius 1 is 1.00 bits per heavy atom. The van der Waals surface area contributed by atoms with Crippen molar-refractivity contribution in [3.05, 3.63) is 65.2 Å². The summed E-state index contributed by atoms with van der Waals surface area (Å²) in [6, 6.07) is 12.6. The van der Waals surface area contributed by atoms with Crippen LogP contribution in [0.4, 0.5) is 5.82 Å². The molecule has 6 nitrogen and oxygen atoms in total. The van der Waals surface area contributed by atoms with Crippen molar-refractivity contribution in [1.29, 1.82) is 0 Å². The lowest BCUT2D eigenvalue weighted by atomic mass is 10.1. The normalized spacial score (nSPS) is 15.3. The number of anilines is 1. The van der Waals surface area contributed by atoms with Crippen LogP contribution in [-0.2, 0) is 6.54 Å². The van der Waals surface area contributed by atoms with Crippen molar-refractivity contribution >= 4 is 22.1 Å². The predicted octanol–water partition coefficient (Wildman–Crippen LogP) is 4.61. The van der Waals surface area contributed by atoms with Gasteiger partial charge in [-0.15, -0.1) is 11.3 Å². The fourth-order valence-electron chi connectivity index (χ4n) is 4.15. The van der Waals surface area contributed by atoms with Gasteiger partial charge in [-0.2, -0.15) is 0 Å². The van der Waals surface area contributed by atoms with Gasteiger partial charge in [0.25, 0.3) is 0 Å². The van der Waals surface area contributed by atoms with E-state index in [0.29, 0.717) is 5.92 Å². The number of piperazine rings is 1. The maximum absolute atomic E-state index is 4.93. The van der Waals surface area contributed by atoms with Crippen LogP contribution in [0, 0.1) is 6.92 Å². The van der Waals surface area contributed by atoms with Crippen LogP contribution in [0.3, 0.4) is 0 Å². The van der Waals surface area contributed by atoms with Gasteiger partial charge in [0.2, 0.25) is 0 Å². The van der Waals surface area contributed by atoms with Gasteiger partial charge in [-0.25, -0.2) is 15.0 Å². The first kappa shape index (κ1) is 20.2. The summed E-state index contributed by atoms with van der Waals surface area (Å²) in [5.74, 6) is 2.33. The summed E-state index contributed by atoms with van der Waals surface area (Å²) in [6.07, 6.45) is 2.14. The maximum atomic E-state index is 4.93. The van der Waals surface area contributed by atoms with Gasteiger partial charge < -0.3 is 4.90 Å². The van der Waals surface area contributed by atoms with Crippen LogP contribution in [0.25, 0.3) is 16.2 Å². The minimum atomic E-state index is 0.339. The largest absolute Gasteiger partial charge is 0.354 e. The van der Waals surface area contributed by atoms with Gasteiger partial charge in [-0.1, -0.05) is 44.2 Å². The van der Waals surface area contributed by atoms with E-state index in [-0.39, 0.29) is 0 Å². The van der Waals surface area contributed by atoms with E-state index in [4.69, 9.17) is 9.97 Å². The van der Waals surface area contributed by atoms with Crippen LogP contribution in [0.5, 0.6) is 0 Å². The van der Waals surface area contributed by atoms with Gasteiger partial charge in [0.1, 0.15) is 11.6 Å². The first-order valence-corrected chi connectivity index (χ1v) is 11.8. The van der Waals surface area contributed by atoms with E-state index < -0.39 is 0 Å². The lowest BCUT2D eigenvalue weighted by Gasteiger charge is -2.35. The Labute approximate surface area is 187 Å². The summed E-state index contributed by atoms with van der Waals surface area (Å²) < 4.78 is 2.25. The molecule has 1 aliphatic rings. The van der Waals surface area contributed by atoms with Crippen LogP contribution >= 0.6 is 11.3 Å². The average Bonchev–Trinajstić information content (AvgIpc) is 3.37. The molecule has 1 fully saturated rings. The Bertz CT molecular complexity index is 1170. The minimum absolute atomic E-state index is 0.339. The van der Waals surface area contributed by atoms with Crippen LogP contribution in [0.15, 0.2) is 48.0 Å². The number of hydrogen-bond acceptors (Lipinski definition) is 6. The highest BCUT2D eigenvalue weighted by Gasteiger charge is 2.23. The summed E-state index contributed by atoms with van der Waals surface area (Å²) in [4.78, 5) is 20.3. The second kappa shape index (κ2) is 8.40. The van der Waals surface area contributed by atoms with E-state index in [0.717, 1.165) is 60.7 Å². The highest BCUT2D eigenvalue weighted by Crippen LogP contribution is 2.28. The average molecular weight is 433 g/mol. The molecule has 0 spiro atoms. The van der Waals surface area contributed by atoms with Gasteiger partial charge in [-0.3, -0.25) is 9.30 Å². The highest BCUT2D eigenvalue weighted by molar-refractivity contribution is 7.15. The van der Waals surface area contributed by atoms with E-state index in [1.54, 1.807) is 11.3 Å². The van der Waals surface area contributed by atoms with Crippen molar-refractivity contribution in [3.63, 3.8) is 0 Å². The second-order valence-electron chi connectivity index (χ2n) is 8.47. The summed E-state index contributed by atoms with van der Waals surface area (Å²) in [5.41, 5.74) is 4.60. The van der Waals surface area contributed by atoms with Gasteiger partial charge in [0.15, 0.2) is 4.96 Å². The number of hydrogen-bond donors (Lipinski definition) is 0. The molecule has 160 valence electrons. The lowest BCUT2D eigenvalue weighted by Crippen LogP contribution is -2.46. The number of rotatable bonds is 5. The molecule has 3 aromatic heterocycles. The molecule has 7 heteroatoms. The summed E-state index contributed by atoms with van der Waals surface area (Å²) in [7, 11) is 0. The fraction of sp³-hybridized carbons (Fsp3) is 0.375. The predicted molar refractivity (Wildman–Crippen MR) is 127 cm³/mol. The SMILES string of the molecule is Cc1cc(N2CCN(Cc3c(-c4ccccc4)nc4sccn34)CC2)nc(C(C)C)n1. The first-order chi connectivity index (χ1) is 15.1. The molecule has 0 radical (unpaired) electrons. The van der Waals surface area contributed by atoms with Gasteiger partial charge in [0.05, 0.1) is 11.4 Å². The van der Waals surface area contributed by atoms with Crippen LogP contribution in [0.2, 0.25) is 0 Å². The molecule has 1 aliphatic heterocycles. The zero-order chi connectivity index (χ0) is 21.4. The fourth-order valence-corrected chi connectivity index (χ4v) is 4.89. The Kier molecular flexibility index (Phi) is 5.46. The van der Waals surface area contributed by atoms with Crippen LogP contribution in [0.1, 0.15) is 37.0 Å². The van der Waals surface area contributed by atoms with E-state index >= 15 is 0 Å². The van der Waals surface area contributed by atoms with Crippen molar-refractivity contribution in [1.82, 2.24) is 24.3 Å². The Balaban J connectivity index is 1.34. The standard InChI is InChI=1S/C24H28N6S/c1-17(2)23-25-18(3)15-21(26-23)29-11-9-28(10-12-29)16-20-22(19-7-5-4-6-8-19)27-24-30(20)13-14-31-24/h4-8,13-15,17H,9-12,16H2,1-3H3. The molecule has 0 aliphatic carbocycles. The zero-order valence-electron chi connectivity index (χ0n) is 18.3. The monoisotopic (exact) mass is 432 g/mol. The van der Waals surface area contributed by atoms with Crippen molar-refractivity contribution < 1.29 is 0 Å². The first-order valence-electron chi connectivity index (χ1n) is 10.9. The van der Waals surface area contributed by atoms with Crippen molar-refractivity contribution in [3.8, 4) is 11.3 Å². The molecule has 4 aromatic rings. The topological polar surface area (TPSA) is 49.6 Å². The molecule has 0 bridgehead atoms. The summed E-state index contributed by atoms with van der Waals surface area (Å²) in [6.45, 7) is 11.2. The molecule has 1 aromatic carbocycles. The molecule has 0 N–H and O–H groups in total. The van der Waals surface area contributed by atoms with Gasteiger partial charge >= 0.3 is 0 Å². The van der Waals surface area contributed by atoms with Gasteiger partial charge in [0, 0.05) is 67.5 Å². The maximum Gasteiger partial charge on any atom is 0.194 e. The molecule has 4 heterocycles. The summed E-state index contributed by atoms with van der Waals surface area (Å²) >= 11 is 1.69. The van der Waals surface area contributed by atoms with Gasteiger partial charge in [-0.05, 0) is 6.92 Å². The summed E-state index contributed by atoms with van der Waals surface area (Å²) in [5, 5.41) is 2.11. The van der Waals surface area contributed by atoms with Crippen LogP contribution in [-0.4, -0.2) is 50.4 Å². The van der Waals surface area contributed by atoms with E-state index in [1.807, 2.05) is 0 Å². The minimum Gasteiger partial charge on any atom is -0.354 e. The smallest absolute Gasteiger partial charge is 0.194 e. The molecule has 0 atom stereocenters. The number of fused-ring (bicyclic) bond motifs is 1. The number of aromatic nitrogens is 4. The third kappa shape index (κ3) is 4.07. The highest BCUT2D eigenvalue weighted by atomic mass is 32.1. The van der Waals surface area contributed by atoms with Crippen molar-refractivity contribution in [2.45, 2.75) is 33.2 Å². The Hall–Kier alpha value is -2.77. The number of benzene rings is 1. The van der Waals surface area contributed by atoms with E-state index in [1.165, 1.54) is 11.3 Å². The van der Waals surface area contributed by atoms with Crippen molar-refractivity contribution in [2.75, 3.05) is 31.1 Å². The number of aryl methyl sites for hydroxylation is 1. The molecule has 5 rings (SSSR count). The number of nitrogens with zero attached hydrogens (tertiary/aromatic N) is 6. The molecule has 1 saturated heterocycles. The zero-order valence-corrected chi connectivity index (χ0v) is 19.1. The Morgan fingerprint density at radius 3 is 2.52 bits per heavy atom. The number of imidazole rings is 1. The molecular formula is C24H28N6S. The molecule has 0 unspecified atom stereocenters. The lowest BCUT2D eigenvalue weighted by molar-refractivity contribution is 0.246. The molecule has 31 heavy (non-hydrogen) atoms. The third-order valence-electron chi connectivity index (χ3n) is 5.85. The Morgan fingerprint density at radius 2 is 1.77 bits per heavy atom. The third-order valence-corrected chi connectivity index (χ3v) is 6.61. The quantitative estimate of drug-likeness (QED) is 0.461. The number of thiazole rings is 1. The van der Waals surface area contributed by atoms with E-state index in [9.17, 15) is 0 Å². The second-order valence-corrected chi connectivity index (χ2v) is 9.35. The molecular weight excluding hydrogens is 404 g/mol.